The van der Waals surface area contributed by atoms with Gasteiger partial charge in [0.05, 0.1) is 5.92 Å². The molecule has 8 nitrogen and oxygen atoms in total. The van der Waals surface area contributed by atoms with Gasteiger partial charge in [0.1, 0.15) is 0 Å². The first kappa shape index (κ1) is 19.9. The second kappa shape index (κ2) is 8.16. The van der Waals surface area contributed by atoms with Crippen LogP contribution in [0.5, 0.6) is 0 Å². The zero-order chi connectivity index (χ0) is 20.5. The van der Waals surface area contributed by atoms with E-state index < -0.39 is 0 Å². The lowest BCUT2D eigenvalue weighted by molar-refractivity contribution is -0.129. The molecule has 1 unspecified atom stereocenters. The predicted molar refractivity (Wildman–Crippen MR) is 107 cm³/mol. The van der Waals surface area contributed by atoms with Crippen LogP contribution in [0.4, 0.5) is 0 Å². The van der Waals surface area contributed by atoms with Crippen molar-refractivity contribution in [3.05, 3.63) is 17.5 Å². The summed E-state index contributed by atoms with van der Waals surface area (Å²) in [5.41, 5.74) is 1.46. The van der Waals surface area contributed by atoms with E-state index in [1.54, 1.807) is 4.68 Å². The zero-order valence-electron chi connectivity index (χ0n) is 17.4. The van der Waals surface area contributed by atoms with E-state index in [1.807, 2.05) is 29.8 Å². The van der Waals surface area contributed by atoms with E-state index in [4.69, 9.17) is 0 Å². The number of rotatable bonds is 6. The standard InChI is InChI=1S/C21H31N5O3/c1-14-9-18(23-24(14)2)21(29)25-7-5-16(6-8-25)12-26-13-17(10-19(26)27)20(28)22-11-15-3-4-15/h9,15-17H,3-8,10-13H2,1-2H3,(H,22,28). The minimum Gasteiger partial charge on any atom is -0.356 e. The molecular weight excluding hydrogens is 370 g/mol. The third-order valence-electron chi connectivity index (χ3n) is 6.56. The van der Waals surface area contributed by atoms with Gasteiger partial charge in [0.2, 0.25) is 11.8 Å². The van der Waals surface area contributed by atoms with Crippen molar-refractivity contribution in [3.8, 4) is 0 Å². The highest BCUT2D eigenvalue weighted by Crippen LogP contribution is 2.28. The molecule has 3 heterocycles. The molecule has 158 valence electrons. The molecule has 3 fully saturated rings. The fourth-order valence-electron chi connectivity index (χ4n) is 4.29. The van der Waals surface area contributed by atoms with Gasteiger partial charge < -0.3 is 15.1 Å². The molecule has 0 radical (unpaired) electrons. The van der Waals surface area contributed by atoms with E-state index in [1.165, 1.54) is 12.8 Å². The van der Waals surface area contributed by atoms with E-state index in [0.29, 0.717) is 50.1 Å². The Morgan fingerprint density at radius 1 is 1.17 bits per heavy atom. The summed E-state index contributed by atoms with van der Waals surface area (Å²) in [6.07, 6.45) is 4.49. The van der Waals surface area contributed by atoms with Gasteiger partial charge >= 0.3 is 0 Å². The topological polar surface area (TPSA) is 87.5 Å². The molecule has 1 N–H and O–H groups in total. The van der Waals surface area contributed by atoms with Crippen LogP contribution in [0.2, 0.25) is 0 Å². The molecule has 0 aromatic carbocycles. The summed E-state index contributed by atoms with van der Waals surface area (Å²) in [6.45, 7) is 5.28. The van der Waals surface area contributed by atoms with E-state index >= 15 is 0 Å². The third-order valence-corrected chi connectivity index (χ3v) is 6.56. The minimum absolute atomic E-state index is 0.0169. The maximum absolute atomic E-state index is 12.6. The molecule has 3 aliphatic rings. The Bertz CT molecular complexity index is 773. The van der Waals surface area contributed by atoms with Crippen LogP contribution in [0.15, 0.2) is 6.07 Å². The number of piperidine rings is 1. The third kappa shape index (κ3) is 4.62. The van der Waals surface area contributed by atoms with Gasteiger partial charge in [-0.1, -0.05) is 0 Å². The number of amides is 3. The highest BCUT2D eigenvalue weighted by molar-refractivity contribution is 5.92. The molecular formula is C21H31N5O3. The molecule has 29 heavy (non-hydrogen) atoms. The first-order chi connectivity index (χ1) is 13.9. The highest BCUT2D eigenvalue weighted by atomic mass is 16.2. The predicted octanol–water partition coefficient (Wildman–Crippen LogP) is 0.955. The van der Waals surface area contributed by atoms with Gasteiger partial charge in [-0.15, -0.1) is 0 Å². The number of hydrogen-bond donors (Lipinski definition) is 1. The molecule has 1 aromatic heterocycles. The molecule has 1 atom stereocenters. The summed E-state index contributed by atoms with van der Waals surface area (Å²) in [4.78, 5) is 41.0. The molecule has 0 bridgehead atoms. The van der Waals surface area contributed by atoms with Gasteiger partial charge in [0.15, 0.2) is 5.69 Å². The lowest BCUT2D eigenvalue weighted by Gasteiger charge is -2.33. The average Bonchev–Trinajstić information content (AvgIpc) is 3.39. The lowest BCUT2D eigenvalue weighted by atomic mass is 9.96. The Balaban J connectivity index is 1.23. The summed E-state index contributed by atoms with van der Waals surface area (Å²) in [6, 6.07) is 1.83. The quantitative estimate of drug-likeness (QED) is 0.769. The van der Waals surface area contributed by atoms with Crippen molar-refractivity contribution in [2.75, 3.05) is 32.7 Å². The molecule has 0 spiro atoms. The number of carbonyl (C=O) groups excluding carboxylic acids is 3. The van der Waals surface area contributed by atoms with E-state index in [9.17, 15) is 14.4 Å². The fourth-order valence-corrected chi connectivity index (χ4v) is 4.29. The first-order valence-corrected chi connectivity index (χ1v) is 10.8. The summed E-state index contributed by atoms with van der Waals surface area (Å²) in [5.74, 6) is 0.904. The number of nitrogens with zero attached hydrogens (tertiary/aromatic N) is 4. The number of carbonyl (C=O) groups is 3. The normalized spacial score (nSPS) is 23.0. The minimum atomic E-state index is -0.213. The number of likely N-dealkylation sites (tertiary alicyclic amines) is 2. The maximum Gasteiger partial charge on any atom is 0.274 e. The second-order valence-electron chi connectivity index (χ2n) is 8.92. The SMILES string of the molecule is Cc1cc(C(=O)N2CCC(CN3CC(C(=O)NCC4CC4)CC3=O)CC2)nn1C. The van der Waals surface area contributed by atoms with Crippen molar-refractivity contribution in [1.29, 1.82) is 0 Å². The van der Waals surface area contributed by atoms with Crippen LogP contribution < -0.4 is 5.32 Å². The molecule has 1 aromatic rings. The summed E-state index contributed by atoms with van der Waals surface area (Å²) in [5, 5.41) is 7.29. The van der Waals surface area contributed by atoms with E-state index in [0.717, 1.165) is 25.1 Å². The van der Waals surface area contributed by atoms with Crippen LogP contribution in [0, 0.1) is 24.7 Å². The Hall–Kier alpha value is -2.38. The zero-order valence-corrected chi connectivity index (χ0v) is 17.4. The van der Waals surface area contributed by atoms with Crippen molar-refractivity contribution in [2.24, 2.45) is 24.8 Å². The Labute approximate surface area is 171 Å². The van der Waals surface area contributed by atoms with Gasteiger partial charge in [-0.05, 0) is 50.5 Å². The second-order valence-corrected chi connectivity index (χ2v) is 8.92. The maximum atomic E-state index is 12.6. The van der Waals surface area contributed by atoms with Crippen molar-refractivity contribution >= 4 is 17.7 Å². The number of aryl methyl sites for hydroxylation is 2. The summed E-state index contributed by atoms with van der Waals surface area (Å²) >= 11 is 0. The van der Waals surface area contributed by atoms with Gasteiger partial charge in [0.25, 0.3) is 5.91 Å². The van der Waals surface area contributed by atoms with Gasteiger partial charge in [-0.2, -0.15) is 5.10 Å². The molecule has 8 heteroatoms. The van der Waals surface area contributed by atoms with Crippen molar-refractivity contribution < 1.29 is 14.4 Å². The molecule has 4 rings (SSSR count). The molecule has 2 saturated heterocycles. The Kier molecular flexibility index (Phi) is 5.61. The van der Waals surface area contributed by atoms with E-state index in [-0.39, 0.29) is 23.6 Å². The lowest BCUT2D eigenvalue weighted by Crippen LogP contribution is -2.42. The van der Waals surface area contributed by atoms with Crippen molar-refractivity contribution in [1.82, 2.24) is 24.9 Å². The number of aromatic nitrogens is 2. The Morgan fingerprint density at radius 3 is 2.52 bits per heavy atom. The molecule has 2 aliphatic heterocycles. The van der Waals surface area contributed by atoms with Crippen molar-refractivity contribution in [3.63, 3.8) is 0 Å². The average molecular weight is 402 g/mol. The van der Waals surface area contributed by atoms with Crippen LogP contribution in [-0.4, -0.2) is 70.0 Å². The molecule has 1 aliphatic carbocycles. The largest absolute Gasteiger partial charge is 0.356 e. The van der Waals surface area contributed by atoms with Gasteiger partial charge in [0, 0.05) is 51.9 Å². The van der Waals surface area contributed by atoms with Gasteiger partial charge in [-0.3, -0.25) is 19.1 Å². The summed E-state index contributed by atoms with van der Waals surface area (Å²) < 4.78 is 1.72. The van der Waals surface area contributed by atoms with E-state index in [2.05, 4.69) is 10.4 Å². The van der Waals surface area contributed by atoms with Crippen molar-refractivity contribution in [2.45, 2.75) is 39.0 Å². The van der Waals surface area contributed by atoms with Crippen LogP contribution in [-0.2, 0) is 16.6 Å². The molecule has 3 amide bonds. The van der Waals surface area contributed by atoms with Crippen LogP contribution >= 0.6 is 0 Å². The number of nitrogens with one attached hydrogen (secondary N) is 1. The molecule has 1 saturated carbocycles. The fraction of sp³-hybridized carbons (Fsp3) is 0.714. The first-order valence-electron chi connectivity index (χ1n) is 10.8. The monoisotopic (exact) mass is 401 g/mol. The Morgan fingerprint density at radius 2 is 1.90 bits per heavy atom. The number of hydrogen-bond acceptors (Lipinski definition) is 4. The highest BCUT2D eigenvalue weighted by Gasteiger charge is 2.36. The van der Waals surface area contributed by atoms with Crippen LogP contribution in [0.1, 0.15) is 48.3 Å². The smallest absolute Gasteiger partial charge is 0.274 e. The van der Waals surface area contributed by atoms with Crippen LogP contribution in [0.3, 0.4) is 0 Å². The van der Waals surface area contributed by atoms with Gasteiger partial charge in [-0.25, -0.2) is 0 Å². The van der Waals surface area contributed by atoms with Crippen LogP contribution in [0.25, 0.3) is 0 Å². The summed E-state index contributed by atoms with van der Waals surface area (Å²) in [7, 11) is 1.84.